The summed E-state index contributed by atoms with van der Waals surface area (Å²) in [6.45, 7) is 7.16. The van der Waals surface area contributed by atoms with Crippen molar-refractivity contribution in [2.45, 2.75) is 45.4 Å². The topological polar surface area (TPSA) is 68.7 Å². The van der Waals surface area contributed by atoms with E-state index in [-0.39, 0.29) is 6.61 Å². The van der Waals surface area contributed by atoms with Crippen molar-refractivity contribution in [3.8, 4) is 5.75 Å². The van der Waals surface area contributed by atoms with Crippen molar-refractivity contribution in [3.05, 3.63) is 54.1 Å². The van der Waals surface area contributed by atoms with Gasteiger partial charge in [0, 0.05) is 0 Å². The molecule has 2 aromatic carbocycles. The number of hydrogen-bond acceptors (Lipinski definition) is 3. The number of anilines is 1. The normalized spacial score (nSPS) is 16.1. The Bertz CT molecular complexity index is 978. The third-order valence-corrected chi connectivity index (χ3v) is 6.09. The lowest BCUT2D eigenvalue weighted by Crippen LogP contribution is -3.13. The summed E-state index contributed by atoms with van der Waals surface area (Å²) >= 11 is 0. The SMILES string of the molecule is Cc1cccc(OC[C@H](O)C[n+]2c(N)n(CC[NH+]3CCCCC3)c3ccccc32)c1. The van der Waals surface area contributed by atoms with Crippen LogP contribution in [0.4, 0.5) is 5.95 Å². The van der Waals surface area contributed by atoms with Crippen molar-refractivity contribution in [2.75, 3.05) is 32.0 Å². The van der Waals surface area contributed by atoms with Gasteiger partial charge < -0.3 is 14.7 Å². The molecular formula is C24H34N4O2+2. The van der Waals surface area contributed by atoms with Gasteiger partial charge in [-0.15, -0.1) is 0 Å². The number of likely N-dealkylation sites (tertiary alicyclic amines) is 1. The molecule has 1 atom stereocenters. The number of nitrogens with one attached hydrogen (secondary N) is 1. The van der Waals surface area contributed by atoms with E-state index in [1.54, 1.807) is 4.90 Å². The third-order valence-electron chi connectivity index (χ3n) is 6.09. The fourth-order valence-electron chi connectivity index (χ4n) is 4.47. The van der Waals surface area contributed by atoms with Crippen LogP contribution in [0.25, 0.3) is 11.0 Å². The van der Waals surface area contributed by atoms with Crippen LogP contribution in [0.15, 0.2) is 48.5 Å². The molecule has 0 unspecified atom stereocenters. The molecule has 4 N–H and O–H groups in total. The fraction of sp³-hybridized carbons (Fsp3) is 0.458. The number of imidazole rings is 1. The van der Waals surface area contributed by atoms with E-state index in [2.05, 4.69) is 16.7 Å². The Morgan fingerprint density at radius 1 is 1.13 bits per heavy atom. The van der Waals surface area contributed by atoms with Gasteiger partial charge in [0.2, 0.25) is 0 Å². The van der Waals surface area contributed by atoms with Crippen molar-refractivity contribution < 1.29 is 19.3 Å². The Hall–Kier alpha value is -2.57. The molecule has 1 aliphatic heterocycles. The van der Waals surface area contributed by atoms with Crippen LogP contribution in [0.5, 0.6) is 5.75 Å². The molecule has 160 valence electrons. The number of aromatic nitrogens is 2. The number of aliphatic hydroxyl groups is 1. The standard InChI is InChI=1S/C24H32N4O2/c1-19-8-7-9-21(16-19)30-18-20(29)17-28-23-11-4-3-10-22(23)27(24(28)25)15-14-26-12-5-2-6-13-26/h3-4,7-11,16,20,25,29H,2,5-6,12-15,17-18H2,1H3/p+2/t20-/m1/s1. The molecule has 2 heterocycles. The van der Waals surface area contributed by atoms with E-state index in [1.807, 2.05) is 47.9 Å². The Morgan fingerprint density at radius 3 is 2.73 bits per heavy atom. The first-order valence-corrected chi connectivity index (χ1v) is 11.1. The van der Waals surface area contributed by atoms with Crippen LogP contribution in [-0.2, 0) is 13.1 Å². The highest BCUT2D eigenvalue weighted by Crippen LogP contribution is 2.17. The molecule has 0 amide bonds. The second-order valence-corrected chi connectivity index (χ2v) is 8.45. The van der Waals surface area contributed by atoms with Crippen LogP contribution in [0.2, 0.25) is 0 Å². The molecule has 6 nitrogen and oxygen atoms in total. The lowest BCUT2D eigenvalue weighted by molar-refractivity contribution is -0.905. The quantitative estimate of drug-likeness (QED) is 0.491. The van der Waals surface area contributed by atoms with Gasteiger partial charge in [-0.25, -0.2) is 9.13 Å². The van der Waals surface area contributed by atoms with Gasteiger partial charge in [0.05, 0.1) is 13.1 Å². The lowest BCUT2D eigenvalue weighted by Gasteiger charge is -2.22. The van der Waals surface area contributed by atoms with Crippen LogP contribution >= 0.6 is 0 Å². The monoisotopic (exact) mass is 410 g/mol. The summed E-state index contributed by atoms with van der Waals surface area (Å²) in [7, 11) is 0. The molecule has 0 saturated carbocycles. The number of aryl methyl sites for hydroxylation is 1. The number of hydrogen-bond donors (Lipinski definition) is 3. The minimum atomic E-state index is -0.648. The predicted molar refractivity (Wildman–Crippen MR) is 119 cm³/mol. The Morgan fingerprint density at radius 2 is 1.93 bits per heavy atom. The number of benzene rings is 2. The van der Waals surface area contributed by atoms with E-state index in [1.165, 1.54) is 32.4 Å². The minimum absolute atomic E-state index is 0.229. The molecule has 1 aromatic heterocycles. The molecule has 6 heteroatoms. The summed E-state index contributed by atoms with van der Waals surface area (Å²) < 4.78 is 10.0. The molecule has 4 rings (SSSR count). The average Bonchev–Trinajstić information content (AvgIpc) is 3.03. The van der Waals surface area contributed by atoms with Crippen LogP contribution in [0, 0.1) is 6.92 Å². The minimum Gasteiger partial charge on any atom is -0.491 e. The van der Waals surface area contributed by atoms with Crippen LogP contribution in [0.3, 0.4) is 0 Å². The van der Waals surface area contributed by atoms with E-state index in [9.17, 15) is 5.11 Å². The average molecular weight is 411 g/mol. The molecule has 1 aliphatic rings. The van der Waals surface area contributed by atoms with E-state index < -0.39 is 6.10 Å². The number of nitrogens with two attached hydrogens (primary N) is 1. The van der Waals surface area contributed by atoms with Gasteiger partial charge in [-0.05, 0) is 56.0 Å². The van der Waals surface area contributed by atoms with Crippen molar-refractivity contribution in [2.24, 2.45) is 0 Å². The number of nitrogen functional groups attached to an aromatic ring is 1. The van der Waals surface area contributed by atoms with Crippen molar-refractivity contribution in [1.82, 2.24) is 4.57 Å². The van der Waals surface area contributed by atoms with E-state index in [4.69, 9.17) is 10.5 Å². The summed E-state index contributed by atoms with van der Waals surface area (Å²) in [4.78, 5) is 1.66. The first-order valence-electron chi connectivity index (χ1n) is 11.1. The first kappa shape index (κ1) is 20.7. The zero-order valence-electron chi connectivity index (χ0n) is 17.9. The lowest BCUT2D eigenvalue weighted by atomic mass is 10.1. The number of quaternary nitrogens is 1. The fourth-order valence-corrected chi connectivity index (χ4v) is 4.47. The molecular weight excluding hydrogens is 376 g/mol. The summed E-state index contributed by atoms with van der Waals surface area (Å²) in [6, 6.07) is 16.1. The van der Waals surface area contributed by atoms with E-state index in [0.29, 0.717) is 12.5 Å². The number of fused-ring (bicyclic) bond motifs is 1. The highest BCUT2D eigenvalue weighted by atomic mass is 16.5. The van der Waals surface area contributed by atoms with Crippen LogP contribution in [-0.4, -0.2) is 42.0 Å². The predicted octanol–water partition coefficient (Wildman–Crippen LogP) is 1.33. The number of aliphatic hydroxyl groups excluding tert-OH is 1. The molecule has 1 saturated heterocycles. The number of rotatable bonds is 8. The number of nitrogens with zero attached hydrogens (tertiary/aromatic N) is 2. The molecule has 0 radical (unpaired) electrons. The van der Waals surface area contributed by atoms with Gasteiger partial charge in [-0.1, -0.05) is 24.3 Å². The summed E-state index contributed by atoms with van der Waals surface area (Å²) in [6.07, 6.45) is 3.36. The number of piperidine rings is 1. The second kappa shape index (κ2) is 9.49. The van der Waals surface area contributed by atoms with Gasteiger partial charge >= 0.3 is 5.95 Å². The second-order valence-electron chi connectivity index (χ2n) is 8.45. The zero-order chi connectivity index (χ0) is 20.9. The number of ether oxygens (including phenoxy) is 1. The maximum Gasteiger partial charge on any atom is 0.356 e. The highest BCUT2D eigenvalue weighted by Gasteiger charge is 2.24. The molecule has 0 bridgehead atoms. The Kier molecular flexibility index (Phi) is 6.55. The summed E-state index contributed by atoms with van der Waals surface area (Å²) in [5.41, 5.74) is 9.89. The molecule has 30 heavy (non-hydrogen) atoms. The smallest absolute Gasteiger partial charge is 0.356 e. The Labute approximate surface area is 178 Å². The first-order chi connectivity index (χ1) is 14.6. The molecule has 0 aliphatic carbocycles. The summed E-state index contributed by atoms with van der Waals surface area (Å²) in [5.74, 6) is 1.47. The number of para-hydroxylation sites is 2. The van der Waals surface area contributed by atoms with Crippen molar-refractivity contribution in [1.29, 1.82) is 0 Å². The zero-order valence-corrected chi connectivity index (χ0v) is 17.9. The Balaban J connectivity index is 1.47. The van der Waals surface area contributed by atoms with E-state index >= 15 is 0 Å². The highest BCUT2D eigenvalue weighted by molar-refractivity contribution is 5.73. The maximum atomic E-state index is 10.6. The largest absolute Gasteiger partial charge is 0.491 e. The van der Waals surface area contributed by atoms with Crippen molar-refractivity contribution in [3.63, 3.8) is 0 Å². The third kappa shape index (κ3) is 4.77. The van der Waals surface area contributed by atoms with Gasteiger partial charge in [0.15, 0.2) is 0 Å². The van der Waals surface area contributed by atoms with Crippen molar-refractivity contribution >= 4 is 17.0 Å². The van der Waals surface area contributed by atoms with E-state index in [0.717, 1.165) is 35.4 Å². The summed E-state index contributed by atoms with van der Waals surface area (Å²) in [5, 5.41) is 10.6. The van der Waals surface area contributed by atoms with Crippen LogP contribution in [0.1, 0.15) is 24.8 Å². The van der Waals surface area contributed by atoms with Gasteiger partial charge in [-0.3, -0.25) is 5.73 Å². The maximum absolute atomic E-state index is 10.6. The van der Waals surface area contributed by atoms with Gasteiger partial charge in [0.25, 0.3) is 0 Å². The van der Waals surface area contributed by atoms with Crippen LogP contribution < -0.4 is 19.9 Å². The molecule has 1 fully saturated rings. The molecule has 0 spiro atoms. The van der Waals surface area contributed by atoms with Gasteiger partial charge in [0.1, 0.15) is 49.1 Å². The van der Waals surface area contributed by atoms with Gasteiger partial charge in [-0.2, -0.15) is 0 Å². The molecule has 3 aromatic rings.